The number of rotatable bonds is 10. The molecule has 0 heterocycles. The average Bonchev–Trinajstić information content (AvgIpc) is 2.30. The summed E-state index contributed by atoms with van der Waals surface area (Å²) in [5.41, 5.74) is 5.25. The van der Waals surface area contributed by atoms with Gasteiger partial charge in [0, 0.05) is 12.3 Å². The van der Waals surface area contributed by atoms with Crippen LogP contribution in [0.5, 0.6) is 0 Å². The van der Waals surface area contributed by atoms with Gasteiger partial charge in [-0.15, -0.1) is 11.6 Å². The Morgan fingerprint density at radius 2 is 1.88 bits per heavy atom. The Morgan fingerprint density at radius 3 is 2.47 bits per heavy atom. The fourth-order valence-corrected chi connectivity index (χ4v) is 1.39. The highest BCUT2D eigenvalue weighted by Crippen LogP contribution is 2.03. The molecule has 0 spiro atoms. The molecule has 0 aliphatic carbocycles. The number of unbranched alkanes of at least 4 members (excludes halogenated alkanes) is 3. The van der Waals surface area contributed by atoms with Crippen molar-refractivity contribution in [2.24, 2.45) is 5.73 Å². The van der Waals surface area contributed by atoms with Crippen molar-refractivity contribution in [1.29, 1.82) is 0 Å². The van der Waals surface area contributed by atoms with E-state index in [2.05, 4.69) is 0 Å². The third-order valence-electron chi connectivity index (χ3n) is 2.27. The maximum Gasteiger partial charge on any atom is 0.320 e. The van der Waals surface area contributed by atoms with E-state index in [1.807, 2.05) is 0 Å². The summed E-state index contributed by atoms with van der Waals surface area (Å²) in [4.78, 5) is 21.6. The van der Waals surface area contributed by atoms with E-state index in [4.69, 9.17) is 27.2 Å². The van der Waals surface area contributed by atoms with Gasteiger partial charge < -0.3 is 15.6 Å². The molecule has 0 aromatic heterocycles. The summed E-state index contributed by atoms with van der Waals surface area (Å²) >= 11 is 5.52. The topological polar surface area (TPSA) is 89.6 Å². The zero-order valence-electron chi connectivity index (χ0n) is 9.86. The standard InChI is InChI=1S/C11H20ClNO4/c12-7-3-1-2-4-8-17-10(14)6-5-9(13)11(15)16/h9H,1-8,13H2,(H,15,16)/t9-/m0/s1. The molecule has 0 amide bonds. The van der Waals surface area contributed by atoms with Crippen LogP contribution in [0.4, 0.5) is 0 Å². The van der Waals surface area contributed by atoms with Crippen molar-refractivity contribution in [3.8, 4) is 0 Å². The highest BCUT2D eigenvalue weighted by Gasteiger charge is 2.13. The summed E-state index contributed by atoms with van der Waals surface area (Å²) in [5, 5.41) is 8.50. The minimum absolute atomic E-state index is 0.0507. The van der Waals surface area contributed by atoms with E-state index in [1.54, 1.807) is 0 Å². The van der Waals surface area contributed by atoms with Gasteiger partial charge in [-0.2, -0.15) is 0 Å². The lowest BCUT2D eigenvalue weighted by Gasteiger charge is -2.06. The molecule has 0 aliphatic heterocycles. The summed E-state index contributed by atoms with van der Waals surface area (Å²) in [6, 6.07) is -0.994. The van der Waals surface area contributed by atoms with Crippen molar-refractivity contribution < 1.29 is 19.4 Å². The van der Waals surface area contributed by atoms with Crippen LogP contribution in [-0.2, 0) is 14.3 Å². The van der Waals surface area contributed by atoms with Crippen LogP contribution in [0.1, 0.15) is 38.5 Å². The zero-order chi connectivity index (χ0) is 13.1. The van der Waals surface area contributed by atoms with E-state index in [0.717, 1.165) is 25.7 Å². The highest BCUT2D eigenvalue weighted by atomic mass is 35.5. The first-order chi connectivity index (χ1) is 8.07. The molecule has 3 N–H and O–H groups in total. The van der Waals surface area contributed by atoms with Gasteiger partial charge in [-0.1, -0.05) is 12.8 Å². The van der Waals surface area contributed by atoms with Crippen molar-refractivity contribution in [2.45, 2.75) is 44.6 Å². The highest BCUT2D eigenvalue weighted by molar-refractivity contribution is 6.17. The van der Waals surface area contributed by atoms with Gasteiger partial charge >= 0.3 is 11.9 Å². The van der Waals surface area contributed by atoms with Crippen LogP contribution in [0.2, 0.25) is 0 Å². The normalized spacial score (nSPS) is 12.1. The van der Waals surface area contributed by atoms with Crippen LogP contribution in [0.25, 0.3) is 0 Å². The van der Waals surface area contributed by atoms with Gasteiger partial charge in [-0.25, -0.2) is 0 Å². The Kier molecular flexibility index (Phi) is 9.86. The van der Waals surface area contributed by atoms with Crippen molar-refractivity contribution in [3.05, 3.63) is 0 Å². The number of aliphatic carboxylic acids is 1. The van der Waals surface area contributed by atoms with Gasteiger partial charge in [0.1, 0.15) is 6.04 Å². The lowest BCUT2D eigenvalue weighted by molar-refractivity contribution is -0.144. The first kappa shape index (κ1) is 16.2. The van der Waals surface area contributed by atoms with E-state index < -0.39 is 12.0 Å². The van der Waals surface area contributed by atoms with Crippen LogP contribution < -0.4 is 5.73 Å². The number of carboxylic acid groups (broad SMARTS) is 1. The molecule has 0 rings (SSSR count). The van der Waals surface area contributed by atoms with Crippen molar-refractivity contribution in [1.82, 2.24) is 0 Å². The lowest BCUT2D eigenvalue weighted by Crippen LogP contribution is -2.30. The Hall–Kier alpha value is -0.810. The van der Waals surface area contributed by atoms with Crippen molar-refractivity contribution in [2.75, 3.05) is 12.5 Å². The Labute approximate surface area is 106 Å². The van der Waals surface area contributed by atoms with Crippen LogP contribution in [0.3, 0.4) is 0 Å². The van der Waals surface area contributed by atoms with E-state index in [0.29, 0.717) is 12.5 Å². The second-order valence-electron chi connectivity index (χ2n) is 3.81. The number of halogens is 1. The summed E-state index contributed by atoms with van der Waals surface area (Å²) in [6.45, 7) is 0.378. The van der Waals surface area contributed by atoms with Crippen LogP contribution in [0.15, 0.2) is 0 Å². The largest absolute Gasteiger partial charge is 0.480 e. The SMILES string of the molecule is N[C@@H](CCC(=O)OCCCCCCCl)C(=O)O. The molecule has 0 fully saturated rings. The number of nitrogens with two attached hydrogens (primary N) is 1. The van der Waals surface area contributed by atoms with Gasteiger partial charge in [0.25, 0.3) is 0 Å². The Balaban J connectivity index is 3.38. The molecule has 0 saturated heterocycles. The summed E-state index contributed by atoms with van der Waals surface area (Å²) in [5.74, 6) is -0.828. The molecule has 0 bridgehead atoms. The zero-order valence-corrected chi connectivity index (χ0v) is 10.6. The Bertz CT molecular complexity index is 236. The predicted octanol–water partition coefficient (Wildman–Crippen LogP) is 1.52. The van der Waals surface area contributed by atoms with E-state index >= 15 is 0 Å². The third-order valence-corrected chi connectivity index (χ3v) is 2.53. The number of esters is 1. The first-order valence-electron chi connectivity index (χ1n) is 5.78. The molecule has 0 aromatic carbocycles. The average molecular weight is 266 g/mol. The van der Waals surface area contributed by atoms with E-state index in [-0.39, 0.29) is 18.8 Å². The first-order valence-corrected chi connectivity index (χ1v) is 6.31. The monoisotopic (exact) mass is 265 g/mol. The molecule has 0 aromatic rings. The smallest absolute Gasteiger partial charge is 0.320 e. The summed E-state index contributed by atoms with van der Waals surface area (Å²) in [7, 11) is 0. The minimum atomic E-state index is -1.10. The number of ether oxygens (including phenoxy) is 1. The minimum Gasteiger partial charge on any atom is -0.480 e. The predicted molar refractivity (Wildman–Crippen MR) is 65.0 cm³/mol. The molecule has 0 saturated carbocycles. The molecule has 5 nitrogen and oxygen atoms in total. The number of carbonyl (C=O) groups is 2. The van der Waals surface area contributed by atoms with Gasteiger partial charge in [-0.05, 0) is 19.3 Å². The molecule has 1 atom stereocenters. The van der Waals surface area contributed by atoms with Gasteiger partial charge in [0.2, 0.25) is 0 Å². The molecule has 0 aliphatic rings. The number of carbonyl (C=O) groups excluding carboxylic acids is 1. The van der Waals surface area contributed by atoms with E-state index in [9.17, 15) is 9.59 Å². The van der Waals surface area contributed by atoms with Gasteiger partial charge in [0.15, 0.2) is 0 Å². The van der Waals surface area contributed by atoms with E-state index in [1.165, 1.54) is 0 Å². The molecular weight excluding hydrogens is 246 g/mol. The van der Waals surface area contributed by atoms with Crippen LogP contribution in [-0.4, -0.2) is 35.6 Å². The van der Waals surface area contributed by atoms with Gasteiger partial charge in [-0.3, -0.25) is 9.59 Å². The maximum atomic E-state index is 11.2. The molecule has 0 radical (unpaired) electrons. The molecule has 100 valence electrons. The van der Waals surface area contributed by atoms with Crippen molar-refractivity contribution >= 4 is 23.5 Å². The third kappa shape index (κ3) is 10.1. The second-order valence-corrected chi connectivity index (χ2v) is 4.19. The second kappa shape index (κ2) is 10.4. The molecule has 0 unspecified atom stereocenters. The molecule has 17 heavy (non-hydrogen) atoms. The van der Waals surface area contributed by atoms with Gasteiger partial charge in [0.05, 0.1) is 6.61 Å². The summed E-state index contributed by atoms with van der Waals surface area (Å²) in [6.07, 6.45) is 3.96. The number of hydrogen-bond donors (Lipinski definition) is 2. The lowest BCUT2D eigenvalue weighted by atomic mass is 10.2. The molecule has 6 heteroatoms. The molecular formula is C11H20ClNO4. The van der Waals surface area contributed by atoms with Crippen LogP contribution >= 0.6 is 11.6 Å². The van der Waals surface area contributed by atoms with Crippen molar-refractivity contribution in [3.63, 3.8) is 0 Å². The number of hydrogen-bond acceptors (Lipinski definition) is 4. The maximum absolute atomic E-state index is 11.2. The van der Waals surface area contributed by atoms with Crippen LogP contribution in [0, 0.1) is 0 Å². The number of carboxylic acids is 1. The fourth-order valence-electron chi connectivity index (χ4n) is 1.21. The number of alkyl halides is 1. The fraction of sp³-hybridized carbons (Fsp3) is 0.818. The summed E-state index contributed by atoms with van der Waals surface area (Å²) < 4.78 is 4.93. The quantitative estimate of drug-likeness (QED) is 0.355. The Morgan fingerprint density at radius 1 is 1.24 bits per heavy atom.